The maximum Gasteiger partial charge on any atom is 0.352 e. The van der Waals surface area contributed by atoms with Crippen LogP contribution < -0.4 is 15.8 Å². The van der Waals surface area contributed by atoms with E-state index in [2.05, 4.69) is 15.3 Å². The number of nitrogens with two attached hydrogens (primary N) is 1. The molecule has 10 nitrogen and oxygen atoms in total. The second-order valence-corrected chi connectivity index (χ2v) is 10.0. The highest BCUT2D eigenvalue weighted by molar-refractivity contribution is 8.01. The molecule has 168 valence electrons. The van der Waals surface area contributed by atoms with E-state index < -0.39 is 22.6 Å². The zero-order valence-corrected chi connectivity index (χ0v) is 19.4. The van der Waals surface area contributed by atoms with Crippen LogP contribution in [0.4, 0.5) is 5.82 Å². The Morgan fingerprint density at radius 1 is 1.44 bits per heavy atom. The molecule has 0 saturated carbocycles. The SMILES string of the molecule is COc1cnc(N)c(SCC2=C(C(=O)O)N3C(=O)C(c4cccs4)[C@H]3SC2NC(C)=O)n1. The van der Waals surface area contributed by atoms with Gasteiger partial charge in [0.2, 0.25) is 17.7 Å². The molecule has 2 unspecified atom stereocenters. The number of nitrogen functional groups attached to an aromatic ring is 1. The number of methoxy groups -OCH3 is 1. The first kappa shape index (κ1) is 22.4. The third kappa shape index (κ3) is 4.02. The van der Waals surface area contributed by atoms with Gasteiger partial charge in [-0.1, -0.05) is 17.8 Å². The van der Waals surface area contributed by atoms with E-state index in [0.717, 1.165) is 16.6 Å². The van der Waals surface area contributed by atoms with E-state index >= 15 is 0 Å². The van der Waals surface area contributed by atoms with Crippen LogP contribution in [-0.4, -0.2) is 61.4 Å². The fraction of sp³-hybridized carbons (Fsp3) is 0.316. The van der Waals surface area contributed by atoms with Crippen molar-refractivity contribution in [2.75, 3.05) is 18.6 Å². The van der Waals surface area contributed by atoms with Crippen LogP contribution in [0.3, 0.4) is 0 Å². The monoisotopic (exact) mass is 493 g/mol. The average Bonchev–Trinajstić information content (AvgIpc) is 3.26. The molecule has 4 N–H and O–H groups in total. The van der Waals surface area contributed by atoms with Gasteiger partial charge in [-0.05, 0) is 11.4 Å². The number of carbonyl (C=O) groups excluding carboxylic acids is 2. The van der Waals surface area contributed by atoms with E-state index in [9.17, 15) is 19.5 Å². The summed E-state index contributed by atoms with van der Waals surface area (Å²) < 4.78 is 5.07. The second kappa shape index (κ2) is 9.00. The molecular weight excluding hydrogens is 474 g/mol. The average molecular weight is 494 g/mol. The topological polar surface area (TPSA) is 148 Å². The molecule has 2 aliphatic heterocycles. The predicted molar refractivity (Wildman–Crippen MR) is 121 cm³/mol. The number of ether oxygens (including phenoxy) is 1. The summed E-state index contributed by atoms with van der Waals surface area (Å²) in [5.41, 5.74) is 6.18. The van der Waals surface area contributed by atoms with Crippen LogP contribution in [0.1, 0.15) is 17.7 Å². The molecule has 4 rings (SSSR count). The maximum absolute atomic E-state index is 13.0. The summed E-state index contributed by atoms with van der Waals surface area (Å²) >= 11 is 3.96. The van der Waals surface area contributed by atoms with Crippen LogP contribution in [0.2, 0.25) is 0 Å². The van der Waals surface area contributed by atoms with Crippen LogP contribution in [0, 0.1) is 0 Å². The van der Waals surface area contributed by atoms with Crippen molar-refractivity contribution in [2.24, 2.45) is 0 Å². The van der Waals surface area contributed by atoms with Gasteiger partial charge in [-0.25, -0.2) is 14.8 Å². The Balaban J connectivity index is 1.69. The Labute approximate surface area is 195 Å². The van der Waals surface area contributed by atoms with E-state index in [4.69, 9.17) is 10.5 Å². The lowest BCUT2D eigenvalue weighted by molar-refractivity contribution is -0.148. The molecule has 4 heterocycles. The first-order chi connectivity index (χ1) is 15.3. The number of rotatable bonds is 7. The molecule has 3 atom stereocenters. The summed E-state index contributed by atoms with van der Waals surface area (Å²) in [5.74, 6) is -1.69. The lowest BCUT2D eigenvalue weighted by atomic mass is 9.94. The number of aliphatic carboxylic acids is 1. The summed E-state index contributed by atoms with van der Waals surface area (Å²) in [6, 6.07) is 3.71. The molecule has 13 heteroatoms. The minimum Gasteiger partial charge on any atom is -0.480 e. The minimum atomic E-state index is -1.23. The number of fused-ring (bicyclic) bond motifs is 1. The molecular formula is C19H19N5O5S3. The van der Waals surface area contributed by atoms with Gasteiger partial charge in [0, 0.05) is 23.1 Å². The number of amides is 2. The van der Waals surface area contributed by atoms with Crippen molar-refractivity contribution in [1.29, 1.82) is 0 Å². The van der Waals surface area contributed by atoms with E-state index in [-0.39, 0.29) is 35.0 Å². The van der Waals surface area contributed by atoms with Crippen molar-refractivity contribution in [1.82, 2.24) is 20.2 Å². The Hall–Kier alpha value is -2.77. The van der Waals surface area contributed by atoms with E-state index in [1.54, 1.807) is 0 Å². The number of hydrogen-bond donors (Lipinski definition) is 3. The number of β-lactam (4-membered cyclic amide) rings is 1. The van der Waals surface area contributed by atoms with E-state index in [1.807, 2.05) is 17.5 Å². The second-order valence-electron chi connectivity index (χ2n) is 6.88. The van der Waals surface area contributed by atoms with Crippen LogP contribution in [0.5, 0.6) is 5.88 Å². The highest BCUT2D eigenvalue weighted by Gasteiger charge is 2.56. The third-order valence-electron chi connectivity index (χ3n) is 4.89. The number of anilines is 1. The number of nitrogens with one attached hydrogen (secondary N) is 1. The fourth-order valence-corrected chi connectivity index (χ4v) is 7.09. The molecule has 0 aliphatic carbocycles. The Kier molecular flexibility index (Phi) is 6.31. The third-order valence-corrected chi connectivity index (χ3v) is 8.31. The number of carboxylic acid groups (broad SMARTS) is 1. The predicted octanol–water partition coefficient (Wildman–Crippen LogP) is 1.72. The number of aromatic nitrogens is 2. The Morgan fingerprint density at radius 3 is 2.84 bits per heavy atom. The lowest BCUT2D eigenvalue weighted by Crippen LogP contribution is -2.62. The van der Waals surface area contributed by atoms with Gasteiger partial charge >= 0.3 is 5.97 Å². The maximum atomic E-state index is 13.0. The molecule has 2 aromatic heterocycles. The molecule has 0 spiro atoms. The van der Waals surface area contributed by atoms with Crippen LogP contribution >= 0.6 is 34.9 Å². The standard InChI is InChI=1S/C19H19N5O5S3/c1-8(25)22-15-9(7-31-16-14(20)21-6-11(23-16)29-2)13(19(27)28)24-17(26)12(18(24)32-15)10-4-3-5-30-10/h3-6,12,15,18H,7H2,1-2H3,(H2,20,21)(H,22,25)(H,27,28)/t12?,15?,18-/m1/s1. The first-order valence-electron chi connectivity index (χ1n) is 9.36. The van der Waals surface area contributed by atoms with Crippen LogP contribution in [-0.2, 0) is 14.4 Å². The van der Waals surface area contributed by atoms with Crippen molar-refractivity contribution in [3.8, 4) is 5.88 Å². The van der Waals surface area contributed by atoms with Gasteiger partial charge in [0.05, 0.1) is 13.3 Å². The van der Waals surface area contributed by atoms with Gasteiger partial charge in [-0.3, -0.25) is 14.5 Å². The Morgan fingerprint density at radius 2 is 2.22 bits per heavy atom. The fourth-order valence-electron chi connectivity index (χ4n) is 3.48. The molecule has 1 saturated heterocycles. The number of thioether (sulfide) groups is 2. The molecule has 32 heavy (non-hydrogen) atoms. The van der Waals surface area contributed by atoms with Gasteiger partial charge in [0.15, 0.2) is 5.82 Å². The van der Waals surface area contributed by atoms with Crippen molar-refractivity contribution in [3.63, 3.8) is 0 Å². The van der Waals surface area contributed by atoms with Gasteiger partial charge in [0.1, 0.15) is 27.4 Å². The van der Waals surface area contributed by atoms with Gasteiger partial charge < -0.3 is 20.9 Å². The lowest BCUT2D eigenvalue weighted by Gasteiger charge is -2.51. The molecule has 2 aliphatic rings. The molecule has 0 bridgehead atoms. The molecule has 0 aromatic carbocycles. The smallest absolute Gasteiger partial charge is 0.352 e. The van der Waals surface area contributed by atoms with Crippen molar-refractivity contribution in [3.05, 3.63) is 39.9 Å². The van der Waals surface area contributed by atoms with Gasteiger partial charge in [-0.2, -0.15) is 0 Å². The highest BCUT2D eigenvalue weighted by atomic mass is 32.2. The largest absolute Gasteiger partial charge is 0.480 e. The van der Waals surface area contributed by atoms with Gasteiger partial charge in [-0.15, -0.1) is 23.1 Å². The summed E-state index contributed by atoms with van der Waals surface area (Å²) in [7, 11) is 1.45. The van der Waals surface area contributed by atoms with Crippen molar-refractivity contribution >= 4 is 58.5 Å². The van der Waals surface area contributed by atoms with Crippen molar-refractivity contribution in [2.45, 2.75) is 28.6 Å². The number of thiophene rings is 1. The summed E-state index contributed by atoms with van der Waals surface area (Å²) in [4.78, 5) is 47.6. The molecule has 0 radical (unpaired) electrons. The van der Waals surface area contributed by atoms with Crippen LogP contribution in [0.15, 0.2) is 40.0 Å². The number of nitrogens with zero attached hydrogens (tertiary/aromatic N) is 3. The molecule has 2 amide bonds. The number of carboxylic acids is 1. The normalized spacial score (nSPS) is 22.2. The van der Waals surface area contributed by atoms with Crippen molar-refractivity contribution < 1.29 is 24.2 Å². The quantitative estimate of drug-likeness (QED) is 0.385. The molecule has 1 fully saturated rings. The van der Waals surface area contributed by atoms with E-state index in [0.29, 0.717) is 10.6 Å². The van der Waals surface area contributed by atoms with E-state index in [1.165, 1.54) is 48.2 Å². The van der Waals surface area contributed by atoms with Crippen LogP contribution in [0.25, 0.3) is 0 Å². The first-order valence-corrected chi connectivity index (χ1v) is 12.2. The molecule has 2 aromatic rings. The number of hydrogen-bond acceptors (Lipinski definition) is 10. The zero-order chi connectivity index (χ0) is 23.0. The Bertz CT molecular complexity index is 1110. The highest BCUT2D eigenvalue weighted by Crippen LogP contribution is 2.51. The summed E-state index contributed by atoms with van der Waals surface area (Å²) in [5, 5.41) is 14.0. The minimum absolute atomic E-state index is 0.118. The summed E-state index contributed by atoms with van der Waals surface area (Å²) in [6.07, 6.45) is 1.38. The van der Waals surface area contributed by atoms with Gasteiger partial charge in [0.25, 0.3) is 0 Å². The zero-order valence-electron chi connectivity index (χ0n) is 17.0. The number of carbonyl (C=O) groups is 3. The summed E-state index contributed by atoms with van der Waals surface area (Å²) in [6.45, 7) is 1.37.